The lowest BCUT2D eigenvalue weighted by molar-refractivity contribution is 0.448. The molecule has 0 radical (unpaired) electrons. The number of nitrogen functional groups attached to an aromatic ring is 1. The van der Waals surface area contributed by atoms with E-state index in [0.717, 1.165) is 23.6 Å². The van der Waals surface area contributed by atoms with Crippen LogP contribution in [0, 0.1) is 6.92 Å². The number of benzene rings is 2. The number of nitrogens with two attached hydrogens (primary N) is 1. The van der Waals surface area contributed by atoms with Crippen LogP contribution in [0.3, 0.4) is 0 Å². The van der Waals surface area contributed by atoms with Gasteiger partial charge in [-0.1, -0.05) is 53.6 Å². The van der Waals surface area contributed by atoms with Crippen molar-refractivity contribution in [2.45, 2.75) is 19.5 Å². The average molecular weight is 339 g/mol. The molecule has 3 N–H and O–H groups in total. The fourth-order valence-corrected chi connectivity index (χ4v) is 3.47. The number of fused-ring (bicyclic) bond motifs is 1. The van der Waals surface area contributed by atoms with Gasteiger partial charge in [-0.25, -0.2) is 4.98 Å². The Bertz CT molecular complexity index is 883. The Morgan fingerprint density at radius 2 is 2.00 bits per heavy atom. The molecule has 1 atom stereocenters. The largest absolute Gasteiger partial charge is 0.383 e. The van der Waals surface area contributed by atoms with Gasteiger partial charge in [0.1, 0.15) is 17.3 Å². The second kappa shape index (κ2) is 5.96. The van der Waals surface area contributed by atoms with Crippen molar-refractivity contribution < 1.29 is 0 Å². The maximum Gasteiger partial charge on any atom is 0.132 e. The van der Waals surface area contributed by atoms with E-state index in [0.29, 0.717) is 17.4 Å². The highest BCUT2D eigenvalue weighted by Gasteiger charge is 2.26. The molecule has 24 heavy (non-hydrogen) atoms. The molecule has 1 aliphatic rings. The lowest BCUT2D eigenvalue weighted by Gasteiger charge is -2.27. The average Bonchev–Trinajstić information content (AvgIpc) is 2.93. The van der Waals surface area contributed by atoms with Crippen LogP contribution in [0.25, 0.3) is 11.3 Å². The lowest BCUT2D eigenvalue weighted by Crippen LogP contribution is -2.34. The number of nitrogens with one attached hydrogen (secondary N) is 1. The first-order valence-corrected chi connectivity index (χ1v) is 8.41. The minimum absolute atomic E-state index is 0.148. The number of imidazole rings is 1. The summed E-state index contributed by atoms with van der Waals surface area (Å²) in [6.45, 7) is 3.65. The SMILES string of the molecule is Cc1ccc(C2CNCc3nc(-c4cccc(Cl)c4)c(N)n32)cc1. The Kier molecular flexibility index (Phi) is 3.79. The number of halogens is 1. The van der Waals surface area contributed by atoms with Gasteiger partial charge in [-0.2, -0.15) is 0 Å². The fourth-order valence-electron chi connectivity index (χ4n) is 3.28. The zero-order valence-electron chi connectivity index (χ0n) is 13.5. The van der Waals surface area contributed by atoms with Crippen molar-refractivity contribution in [3.05, 3.63) is 70.5 Å². The van der Waals surface area contributed by atoms with Crippen LogP contribution in [0.4, 0.5) is 5.82 Å². The molecule has 0 saturated carbocycles. The number of anilines is 1. The molecule has 0 fully saturated rings. The maximum atomic E-state index is 6.49. The highest BCUT2D eigenvalue weighted by atomic mass is 35.5. The summed E-state index contributed by atoms with van der Waals surface area (Å²) in [6.07, 6.45) is 0. The first-order chi connectivity index (χ1) is 11.6. The van der Waals surface area contributed by atoms with Crippen LogP contribution in [-0.4, -0.2) is 16.1 Å². The van der Waals surface area contributed by atoms with Crippen LogP contribution in [0.5, 0.6) is 0 Å². The normalized spacial score (nSPS) is 16.8. The zero-order valence-corrected chi connectivity index (χ0v) is 14.2. The molecule has 1 unspecified atom stereocenters. The number of rotatable bonds is 2. The second-order valence-corrected chi connectivity index (χ2v) is 6.64. The standard InChI is InChI=1S/C19H19ClN4/c1-12-5-7-13(8-6-12)16-10-22-11-17-23-18(19(21)24(16)17)14-3-2-4-15(20)9-14/h2-9,16,22H,10-11,21H2,1H3. The monoisotopic (exact) mass is 338 g/mol. The Morgan fingerprint density at radius 1 is 1.21 bits per heavy atom. The van der Waals surface area contributed by atoms with Gasteiger partial charge in [-0.3, -0.25) is 0 Å². The van der Waals surface area contributed by atoms with Crippen molar-refractivity contribution in [3.63, 3.8) is 0 Å². The third-order valence-corrected chi connectivity index (χ3v) is 4.75. The third kappa shape index (κ3) is 2.58. The molecule has 0 spiro atoms. The third-order valence-electron chi connectivity index (χ3n) is 4.51. The predicted molar refractivity (Wildman–Crippen MR) is 98.1 cm³/mol. The van der Waals surface area contributed by atoms with E-state index >= 15 is 0 Å². The van der Waals surface area contributed by atoms with Crippen molar-refractivity contribution >= 4 is 17.4 Å². The Balaban J connectivity index is 1.82. The molecule has 4 rings (SSSR count). The van der Waals surface area contributed by atoms with E-state index in [1.54, 1.807) is 0 Å². The minimum Gasteiger partial charge on any atom is -0.383 e. The van der Waals surface area contributed by atoms with Crippen molar-refractivity contribution in [3.8, 4) is 11.3 Å². The highest BCUT2D eigenvalue weighted by Crippen LogP contribution is 2.34. The van der Waals surface area contributed by atoms with Gasteiger partial charge in [0.25, 0.3) is 0 Å². The minimum atomic E-state index is 0.148. The summed E-state index contributed by atoms with van der Waals surface area (Å²) in [4.78, 5) is 4.77. The predicted octanol–water partition coefficient (Wildman–Crippen LogP) is 3.79. The molecule has 1 aliphatic heterocycles. The molecule has 1 aromatic heterocycles. The van der Waals surface area contributed by atoms with Gasteiger partial charge in [0.05, 0.1) is 12.6 Å². The van der Waals surface area contributed by atoms with Crippen LogP contribution in [0.15, 0.2) is 48.5 Å². The summed E-state index contributed by atoms with van der Waals surface area (Å²) in [6, 6.07) is 16.4. The van der Waals surface area contributed by atoms with Gasteiger partial charge >= 0.3 is 0 Å². The summed E-state index contributed by atoms with van der Waals surface area (Å²) in [5.74, 6) is 1.65. The molecule has 0 saturated heterocycles. The van der Waals surface area contributed by atoms with E-state index < -0.39 is 0 Å². The number of aromatic nitrogens is 2. The molecule has 5 heteroatoms. The van der Waals surface area contributed by atoms with Crippen molar-refractivity contribution in [1.82, 2.24) is 14.9 Å². The first-order valence-electron chi connectivity index (χ1n) is 8.03. The van der Waals surface area contributed by atoms with Gasteiger partial charge < -0.3 is 15.6 Å². The number of aryl methyl sites for hydroxylation is 1. The molecular formula is C19H19ClN4. The number of hydrogen-bond donors (Lipinski definition) is 2. The van der Waals surface area contributed by atoms with E-state index in [-0.39, 0.29) is 6.04 Å². The summed E-state index contributed by atoms with van der Waals surface area (Å²) in [5, 5.41) is 4.13. The van der Waals surface area contributed by atoms with Gasteiger partial charge in [-0.15, -0.1) is 0 Å². The summed E-state index contributed by atoms with van der Waals surface area (Å²) in [7, 11) is 0. The number of hydrogen-bond acceptors (Lipinski definition) is 3. The van der Waals surface area contributed by atoms with Crippen LogP contribution in [0.2, 0.25) is 5.02 Å². The van der Waals surface area contributed by atoms with Crippen LogP contribution in [0.1, 0.15) is 23.0 Å². The van der Waals surface area contributed by atoms with Gasteiger partial charge in [-0.05, 0) is 24.6 Å². The molecular weight excluding hydrogens is 320 g/mol. The molecule has 0 bridgehead atoms. The van der Waals surface area contributed by atoms with Crippen LogP contribution < -0.4 is 11.1 Å². The van der Waals surface area contributed by atoms with Crippen molar-refractivity contribution in [2.24, 2.45) is 0 Å². The van der Waals surface area contributed by atoms with Gasteiger partial charge in [0.2, 0.25) is 0 Å². The van der Waals surface area contributed by atoms with Crippen LogP contribution in [-0.2, 0) is 6.54 Å². The zero-order chi connectivity index (χ0) is 16.7. The van der Waals surface area contributed by atoms with E-state index in [4.69, 9.17) is 22.3 Å². The van der Waals surface area contributed by atoms with E-state index in [2.05, 4.69) is 41.1 Å². The fraction of sp³-hybridized carbons (Fsp3) is 0.211. The van der Waals surface area contributed by atoms with E-state index in [1.807, 2.05) is 24.3 Å². The topological polar surface area (TPSA) is 55.9 Å². The molecule has 2 aromatic carbocycles. The van der Waals surface area contributed by atoms with E-state index in [1.165, 1.54) is 11.1 Å². The molecule has 3 aromatic rings. The van der Waals surface area contributed by atoms with Crippen molar-refractivity contribution in [2.75, 3.05) is 12.3 Å². The number of nitrogens with zero attached hydrogens (tertiary/aromatic N) is 2. The smallest absolute Gasteiger partial charge is 0.132 e. The molecule has 122 valence electrons. The quantitative estimate of drug-likeness (QED) is 0.747. The summed E-state index contributed by atoms with van der Waals surface area (Å²) in [5.41, 5.74) is 10.7. The summed E-state index contributed by atoms with van der Waals surface area (Å²) < 4.78 is 2.15. The summed E-state index contributed by atoms with van der Waals surface area (Å²) >= 11 is 6.13. The molecule has 4 nitrogen and oxygen atoms in total. The Labute approximate surface area is 146 Å². The van der Waals surface area contributed by atoms with Crippen LogP contribution >= 0.6 is 11.6 Å². The first kappa shape index (κ1) is 15.2. The second-order valence-electron chi connectivity index (χ2n) is 6.20. The highest BCUT2D eigenvalue weighted by molar-refractivity contribution is 6.30. The maximum absolute atomic E-state index is 6.49. The Morgan fingerprint density at radius 3 is 2.75 bits per heavy atom. The Hall–Kier alpha value is -2.30. The van der Waals surface area contributed by atoms with E-state index in [9.17, 15) is 0 Å². The van der Waals surface area contributed by atoms with Gasteiger partial charge in [0, 0.05) is 17.1 Å². The van der Waals surface area contributed by atoms with Gasteiger partial charge in [0.15, 0.2) is 0 Å². The molecule has 0 aliphatic carbocycles. The molecule has 2 heterocycles. The molecule has 0 amide bonds. The lowest BCUT2D eigenvalue weighted by atomic mass is 10.0. The van der Waals surface area contributed by atoms with Crippen molar-refractivity contribution in [1.29, 1.82) is 0 Å².